The number of rotatable bonds is 2. The van der Waals surface area contributed by atoms with E-state index >= 15 is 0 Å². The van der Waals surface area contributed by atoms with Crippen molar-refractivity contribution in [1.29, 1.82) is 5.26 Å². The number of anilines is 1. The fourth-order valence-corrected chi connectivity index (χ4v) is 2.56. The zero-order valence-corrected chi connectivity index (χ0v) is 10.5. The molecule has 2 heterocycles. The van der Waals surface area contributed by atoms with Crippen LogP contribution in [-0.4, -0.2) is 30.3 Å². The molecule has 1 aliphatic carbocycles. The van der Waals surface area contributed by atoms with Crippen LogP contribution in [-0.2, 0) is 4.74 Å². The predicted molar refractivity (Wildman–Crippen MR) is 68.2 cm³/mol. The fourth-order valence-electron chi connectivity index (χ4n) is 2.56. The molecule has 0 spiro atoms. The standard InChI is InChI=1S/C14H17N3O/c1-10-8-17(9-14(18-10)11-2-3-11)13-5-4-12(6-15)16-7-13/h4-5,7,10-11,14H,2-3,8-9H2,1H3. The molecule has 0 aromatic carbocycles. The maximum Gasteiger partial charge on any atom is 0.140 e. The lowest BCUT2D eigenvalue weighted by Crippen LogP contribution is -2.47. The highest BCUT2D eigenvalue weighted by Gasteiger charge is 2.37. The van der Waals surface area contributed by atoms with Gasteiger partial charge in [-0.05, 0) is 37.8 Å². The summed E-state index contributed by atoms with van der Waals surface area (Å²) in [6, 6.07) is 5.81. The third kappa shape index (κ3) is 2.32. The van der Waals surface area contributed by atoms with Crippen LogP contribution in [0.15, 0.2) is 18.3 Å². The van der Waals surface area contributed by atoms with Gasteiger partial charge in [0.15, 0.2) is 0 Å². The summed E-state index contributed by atoms with van der Waals surface area (Å²) in [5, 5.41) is 8.76. The molecular formula is C14H17N3O. The second kappa shape index (κ2) is 4.58. The van der Waals surface area contributed by atoms with Crippen LogP contribution < -0.4 is 4.90 Å². The van der Waals surface area contributed by atoms with Crippen molar-refractivity contribution in [2.75, 3.05) is 18.0 Å². The van der Waals surface area contributed by atoms with Crippen LogP contribution >= 0.6 is 0 Å². The molecule has 1 aliphatic heterocycles. The van der Waals surface area contributed by atoms with Gasteiger partial charge in [0, 0.05) is 13.1 Å². The van der Waals surface area contributed by atoms with Crippen molar-refractivity contribution in [2.24, 2.45) is 5.92 Å². The normalized spacial score (nSPS) is 27.9. The van der Waals surface area contributed by atoms with Crippen LogP contribution in [0, 0.1) is 17.2 Å². The van der Waals surface area contributed by atoms with Crippen LogP contribution in [0.3, 0.4) is 0 Å². The van der Waals surface area contributed by atoms with E-state index in [-0.39, 0.29) is 6.10 Å². The molecule has 2 fully saturated rings. The largest absolute Gasteiger partial charge is 0.371 e. The van der Waals surface area contributed by atoms with E-state index in [1.807, 2.05) is 12.1 Å². The van der Waals surface area contributed by atoms with Gasteiger partial charge < -0.3 is 9.64 Å². The van der Waals surface area contributed by atoms with Gasteiger partial charge in [-0.25, -0.2) is 4.98 Å². The van der Waals surface area contributed by atoms with Crippen molar-refractivity contribution in [1.82, 2.24) is 4.98 Å². The lowest BCUT2D eigenvalue weighted by Gasteiger charge is -2.38. The first kappa shape index (κ1) is 11.5. The van der Waals surface area contributed by atoms with Gasteiger partial charge in [-0.15, -0.1) is 0 Å². The zero-order chi connectivity index (χ0) is 12.5. The molecule has 4 nitrogen and oxygen atoms in total. The Bertz CT molecular complexity index is 461. The van der Waals surface area contributed by atoms with E-state index in [0.717, 1.165) is 24.7 Å². The van der Waals surface area contributed by atoms with Crippen LogP contribution in [0.4, 0.5) is 5.69 Å². The molecule has 0 radical (unpaired) electrons. The van der Waals surface area contributed by atoms with E-state index < -0.39 is 0 Å². The van der Waals surface area contributed by atoms with E-state index in [2.05, 4.69) is 16.8 Å². The molecule has 18 heavy (non-hydrogen) atoms. The Morgan fingerprint density at radius 3 is 2.83 bits per heavy atom. The number of hydrogen-bond acceptors (Lipinski definition) is 4. The van der Waals surface area contributed by atoms with Gasteiger partial charge in [0.05, 0.1) is 24.1 Å². The first-order chi connectivity index (χ1) is 8.76. The summed E-state index contributed by atoms with van der Waals surface area (Å²) in [5.41, 5.74) is 1.56. The highest BCUT2D eigenvalue weighted by molar-refractivity contribution is 5.46. The van der Waals surface area contributed by atoms with E-state index in [9.17, 15) is 0 Å². The summed E-state index contributed by atoms with van der Waals surface area (Å²) in [6.45, 7) is 3.97. The summed E-state index contributed by atoms with van der Waals surface area (Å²) in [7, 11) is 0. The second-order valence-electron chi connectivity index (χ2n) is 5.24. The third-order valence-corrected chi connectivity index (χ3v) is 3.66. The molecular weight excluding hydrogens is 226 g/mol. The van der Waals surface area contributed by atoms with Gasteiger partial charge >= 0.3 is 0 Å². The minimum Gasteiger partial charge on any atom is -0.371 e. The van der Waals surface area contributed by atoms with Gasteiger partial charge in [-0.1, -0.05) is 0 Å². The van der Waals surface area contributed by atoms with Crippen molar-refractivity contribution in [3.8, 4) is 6.07 Å². The quantitative estimate of drug-likeness (QED) is 0.796. The van der Waals surface area contributed by atoms with E-state index in [4.69, 9.17) is 10.00 Å². The van der Waals surface area contributed by atoms with Crippen LogP contribution in [0.2, 0.25) is 0 Å². The number of aromatic nitrogens is 1. The SMILES string of the molecule is CC1CN(c2ccc(C#N)nc2)CC(C2CC2)O1. The lowest BCUT2D eigenvalue weighted by atomic mass is 10.1. The Labute approximate surface area is 107 Å². The zero-order valence-electron chi connectivity index (χ0n) is 10.5. The van der Waals surface area contributed by atoms with Gasteiger partial charge in [-0.2, -0.15) is 5.26 Å². The molecule has 3 rings (SSSR count). The maximum atomic E-state index is 8.76. The van der Waals surface area contributed by atoms with Crippen molar-refractivity contribution in [3.63, 3.8) is 0 Å². The summed E-state index contributed by atoms with van der Waals surface area (Å²) >= 11 is 0. The smallest absolute Gasteiger partial charge is 0.140 e. The topological polar surface area (TPSA) is 49.2 Å². The summed E-state index contributed by atoms with van der Waals surface area (Å²) in [5.74, 6) is 0.751. The second-order valence-corrected chi connectivity index (χ2v) is 5.24. The average molecular weight is 243 g/mol. The molecule has 1 saturated heterocycles. The van der Waals surface area contributed by atoms with Crippen molar-refractivity contribution < 1.29 is 4.74 Å². The minimum atomic E-state index is 0.264. The number of pyridine rings is 1. The Hall–Kier alpha value is -1.60. The molecule has 2 atom stereocenters. The Morgan fingerprint density at radius 2 is 2.22 bits per heavy atom. The molecule has 2 aliphatic rings. The van der Waals surface area contributed by atoms with Crippen LogP contribution in [0.25, 0.3) is 0 Å². The summed E-state index contributed by atoms with van der Waals surface area (Å²) in [6.07, 6.45) is 5.03. The Kier molecular flexibility index (Phi) is 2.92. The van der Waals surface area contributed by atoms with Gasteiger partial charge in [0.25, 0.3) is 0 Å². The summed E-state index contributed by atoms with van der Waals surface area (Å²) < 4.78 is 5.99. The first-order valence-corrected chi connectivity index (χ1v) is 6.53. The average Bonchev–Trinajstić information content (AvgIpc) is 3.22. The molecule has 1 aromatic rings. The molecule has 1 aromatic heterocycles. The van der Waals surface area contributed by atoms with Gasteiger partial charge in [0.1, 0.15) is 11.8 Å². The molecule has 4 heteroatoms. The molecule has 1 saturated carbocycles. The summed E-state index contributed by atoms with van der Waals surface area (Å²) in [4.78, 5) is 6.46. The number of morpholine rings is 1. The van der Waals surface area contributed by atoms with Crippen molar-refractivity contribution in [2.45, 2.75) is 32.0 Å². The van der Waals surface area contributed by atoms with Crippen molar-refractivity contribution in [3.05, 3.63) is 24.0 Å². The highest BCUT2D eigenvalue weighted by Crippen LogP contribution is 2.37. The van der Waals surface area contributed by atoms with Crippen molar-refractivity contribution >= 4 is 5.69 Å². The van der Waals surface area contributed by atoms with Gasteiger partial charge in [0.2, 0.25) is 0 Å². The number of nitrogens with zero attached hydrogens (tertiary/aromatic N) is 3. The molecule has 0 amide bonds. The predicted octanol–water partition coefficient (Wildman–Crippen LogP) is 1.96. The van der Waals surface area contributed by atoms with E-state index in [0.29, 0.717) is 11.8 Å². The van der Waals surface area contributed by atoms with Crippen LogP contribution in [0.5, 0.6) is 0 Å². The number of nitriles is 1. The highest BCUT2D eigenvalue weighted by atomic mass is 16.5. The monoisotopic (exact) mass is 243 g/mol. The fraction of sp³-hybridized carbons (Fsp3) is 0.571. The molecule has 94 valence electrons. The van der Waals surface area contributed by atoms with E-state index in [1.165, 1.54) is 12.8 Å². The maximum absolute atomic E-state index is 8.76. The number of hydrogen-bond donors (Lipinski definition) is 0. The molecule has 0 bridgehead atoms. The molecule has 0 N–H and O–H groups in total. The first-order valence-electron chi connectivity index (χ1n) is 6.53. The van der Waals surface area contributed by atoms with E-state index in [1.54, 1.807) is 12.3 Å². The Balaban J connectivity index is 1.75. The lowest BCUT2D eigenvalue weighted by molar-refractivity contribution is -0.0271. The van der Waals surface area contributed by atoms with Gasteiger partial charge in [-0.3, -0.25) is 0 Å². The Morgan fingerprint density at radius 1 is 1.39 bits per heavy atom. The minimum absolute atomic E-state index is 0.264. The molecule has 2 unspecified atom stereocenters. The van der Waals surface area contributed by atoms with Crippen LogP contribution in [0.1, 0.15) is 25.5 Å². The number of ether oxygens (including phenoxy) is 1. The third-order valence-electron chi connectivity index (χ3n) is 3.66.